The van der Waals surface area contributed by atoms with Crippen molar-refractivity contribution in [3.8, 4) is 22.7 Å². The fourth-order valence-corrected chi connectivity index (χ4v) is 6.39. The Morgan fingerprint density at radius 2 is 1.37 bits per heavy atom. The molecule has 3 aromatic carbocycles. The molecule has 14 heteroatoms. The van der Waals surface area contributed by atoms with Gasteiger partial charge >= 0.3 is 18.5 Å². The van der Waals surface area contributed by atoms with Crippen molar-refractivity contribution in [2.24, 2.45) is 0 Å². The number of rotatable bonds is 9. The first-order valence-electron chi connectivity index (χ1n) is 15.5. The number of nitrogens with zero attached hydrogens (tertiary/aromatic N) is 3. The van der Waals surface area contributed by atoms with Gasteiger partial charge in [-0.2, -0.15) is 44.6 Å². The molecule has 0 aliphatic heterocycles. The number of benzene rings is 3. The Hall–Kier alpha value is -4.04. The van der Waals surface area contributed by atoms with Crippen molar-refractivity contribution in [3.05, 3.63) is 101 Å². The summed E-state index contributed by atoms with van der Waals surface area (Å²) in [4.78, 5) is 2.00. The van der Waals surface area contributed by atoms with Gasteiger partial charge < -0.3 is 14.7 Å². The van der Waals surface area contributed by atoms with Crippen LogP contribution in [-0.4, -0.2) is 46.1 Å². The summed E-state index contributed by atoms with van der Waals surface area (Å²) in [5, 5.41) is 15.1. The maximum Gasteiger partial charge on any atom is 0.435 e. The van der Waals surface area contributed by atoms with Gasteiger partial charge in [-0.25, -0.2) is 4.68 Å². The smallest absolute Gasteiger partial charge is 0.435 e. The summed E-state index contributed by atoms with van der Waals surface area (Å²) >= 11 is 0. The standard InChI is InChI=1S/C35H34F9N3O2/c1-46(21-29(32(48)14-4-3-5-15-32)23-10-12-28(49-2)13-11-23)20-22-6-8-24(9-7-22)30-19-31(35(42,43)44)45-47(30)27-17-25(33(36,37)38)16-26(18-27)34(39,40)41/h6-13,16-19,29,48H,3-5,14-15,20-21H2,1-2H3. The number of ether oxygens (including phenoxy) is 1. The second-order valence-electron chi connectivity index (χ2n) is 12.5. The van der Waals surface area contributed by atoms with Crippen LogP contribution in [0.5, 0.6) is 5.75 Å². The van der Waals surface area contributed by atoms with Gasteiger partial charge in [0.2, 0.25) is 0 Å². The second kappa shape index (κ2) is 13.7. The van der Waals surface area contributed by atoms with Crippen LogP contribution in [0, 0.1) is 0 Å². The van der Waals surface area contributed by atoms with Crippen molar-refractivity contribution in [1.82, 2.24) is 14.7 Å². The highest BCUT2D eigenvalue weighted by Gasteiger charge is 2.40. The Labute approximate surface area is 276 Å². The molecule has 5 nitrogen and oxygen atoms in total. The quantitative estimate of drug-likeness (QED) is 0.177. The predicted molar refractivity (Wildman–Crippen MR) is 164 cm³/mol. The molecule has 1 atom stereocenters. The van der Waals surface area contributed by atoms with Crippen LogP contribution in [0.3, 0.4) is 0 Å². The zero-order valence-electron chi connectivity index (χ0n) is 26.6. The lowest BCUT2D eigenvalue weighted by Gasteiger charge is -2.41. The third kappa shape index (κ3) is 8.41. The maximum absolute atomic E-state index is 13.7. The van der Waals surface area contributed by atoms with E-state index in [1.165, 1.54) is 12.1 Å². The van der Waals surface area contributed by atoms with Crippen LogP contribution in [0.1, 0.15) is 66.0 Å². The summed E-state index contributed by atoms with van der Waals surface area (Å²) < 4.78 is 128. The molecule has 5 rings (SSSR count). The lowest BCUT2D eigenvalue weighted by atomic mass is 9.72. The Bertz CT molecular complexity index is 1690. The van der Waals surface area contributed by atoms with Gasteiger partial charge in [0.05, 0.1) is 35.2 Å². The number of hydrogen-bond donors (Lipinski definition) is 1. The number of likely N-dealkylation sites (N-methyl/N-ethyl adjacent to an activating group) is 1. The molecule has 0 saturated heterocycles. The molecule has 1 N–H and O–H groups in total. The maximum atomic E-state index is 13.7. The molecule has 0 radical (unpaired) electrons. The molecule has 1 aliphatic rings. The molecule has 1 aromatic heterocycles. The van der Waals surface area contributed by atoms with Gasteiger partial charge in [0.25, 0.3) is 0 Å². The second-order valence-corrected chi connectivity index (χ2v) is 12.5. The highest BCUT2D eigenvalue weighted by molar-refractivity contribution is 5.64. The van der Waals surface area contributed by atoms with Crippen LogP contribution >= 0.6 is 0 Å². The van der Waals surface area contributed by atoms with E-state index >= 15 is 0 Å². The minimum atomic E-state index is -5.21. The Morgan fingerprint density at radius 1 is 0.796 bits per heavy atom. The van der Waals surface area contributed by atoms with Crippen molar-refractivity contribution in [2.75, 3.05) is 20.7 Å². The molecule has 4 aromatic rings. The fraction of sp³-hybridized carbons (Fsp3) is 0.400. The van der Waals surface area contributed by atoms with Gasteiger partial charge in [-0.05, 0) is 67.4 Å². The Balaban J connectivity index is 1.44. The first-order valence-corrected chi connectivity index (χ1v) is 15.5. The van der Waals surface area contributed by atoms with E-state index in [1.807, 2.05) is 36.2 Å². The molecule has 264 valence electrons. The van der Waals surface area contributed by atoms with Crippen molar-refractivity contribution in [2.45, 2.75) is 68.7 Å². The summed E-state index contributed by atoms with van der Waals surface area (Å²) in [6.07, 6.45) is -11.3. The lowest BCUT2D eigenvalue weighted by Crippen LogP contribution is -2.43. The zero-order chi connectivity index (χ0) is 35.8. The molecule has 1 heterocycles. The van der Waals surface area contributed by atoms with Crippen LogP contribution in [0.2, 0.25) is 0 Å². The molecule has 49 heavy (non-hydrogen) atoms. The summed E-state index contributed by atoms with van der Waals surface area (Å²) in [5.74, 6) is 0.455. The van der Waals surface area contributed by atoms with Crippen molar-refractivity contribution in [1.29, 1.82) is 0 Å². The molecule has 0 spiro atoms. The van der Waals surface area contributed by atoms with E-state index in [-0.39, 0.29) is 23.2 Å². The van der Waals surface area contributed by atoms with E-state index in [9.17, 15) is 44.6 Å². The highest BCUT2D eigenvalue weighted by atomic mass is 19.4. The van der Waals surface area contributed by atoms with Gasteiger partial charge in [0.15, 0.2) is 5.69 Å². The number of methoxy groups -OCH3 is 1. The molecular weight excluding hydrogens is 665 g/mol. The lowest BCUT2D eigenvalue weighted by molar-refractivity contribution is -0.143. The van der Waals surface area contributed by atoms with Gasteiger partial charge in [0.1, 0.15) is 5.75 Å². The van der Waals surface area contributed by atoms with Crippen LogP contribution in [-0.2, 0) is 25.1 Å². The van der Waals surface area contributed by atoms with Gasteiger partial charge in [-0.3, -0.25) is 0 Å². The minimum absolute atomic E-state index is 0.0907. The average molecular weight is 700 g/mol. The normalized spacial score (nSPS) is 16.2. The van der Waals surface area contributed by atoms with Gasteiger partial charge in [-0.1, -0.05) is 55.7 Å². The topological polar surface area (TPSA) is 50.5 Å². The molecule has 1 fully saturated rings. The Kier molecular flexibility index (Phi) is 10.1. The summed E-state index contributed by atoms with van der Waals surface area (Å²) in [5.41, 5.74) is -5.18. The van der Waals surface area contributed by atoms with Gasteiger partial charge in [0, 0.05) is 24.6 Å². The van der Waals surface area contributed by atoms with E-state index in [1.54, 1.807) is 19.2 Å². The van der Waals surface area contributed by atoms with Crippen molar-refractivity contribution < 1.29 is 49.4 Å². The summed E-state index contributed by atoms with van der Waals surface area (Å²) in [7, 11) is 3.44. The van der Waals surface area contributed by atoms with E-state index in [2.05, 4.69) is 5.10 Å². The average Bonchev–Trinajstić information content (AvgIpc) is 3.50. The fourth-order valence-electron chi connectivity index (χ4n) is 6.39. The van der Waals surface area contributed by atoms with Crippen LogP contribution in [0.15, 0.2) is 72.8 Å². The molecule has 0 amide bonds. The van der Waals surface area contributed by atoms with E-state index in [4.69, 9.17) is 4.74 Å². The van der Waals surface area contributed by atoms with Crippen LogP contribution in [0.25, 0.3) is 16.9 Å². The molecular formula is C35H34F9N3O2. The third-order valence-corrected chi connectivity index (χ3v) is 8.90. The third-order valence-electron chi connectivity index (χ3n) is 8.90. The molecule has 1 saturated carbocycles. The first kappa shape index (κ1) is 36.2. The van der Waals surface area contributed by atoms with Gasteiger partial charge in [-0.15, -0.1) is 0 Å². The minimum Gasteiger partial charge on any atom is -0.497 e. The largest absolute Gasteiger partial charge is 0.497 e. The number of hydrogen-bond acceptors (Lipinski definition) is 4. The van der Waals surface area contributed by atoms with Crippen molar-refractivity contribution in [3.63, 3.8) is 0 Å². The van der Waals surface area contributed by atoms with Crippen molar-refractivity contribution >= 4 is 0 Å². The molecule has 1 aliphatic carbocycles. The summed E-state index contributed by atoms with van der Waals surface area (Å²) in [6, 6.07) is 14.8. The summed E-state index contributed by atoms with van der Waals surface area (Å²) in [6.45, 7) is 0.849. The van der Waals surface area contributed by atoms with Crippen LogP contribution < -0.4 is 4.74 Å². The monoisotopic (exact) mass is 699 g/mol. The number of alkyl halides is 9. The highest BCUT2D eigenvalue weighted by Crippen LogP contribution is 2.42. The number of aromatic nitrogens is 2. The van der Waals surface area contributed by atoms with Crippen LogP contribution in [0.4, 0.5) is 39.5 Å². The van der Waals surface area contributed by atoms with E-state index in [0.717, 1.165) is 30.4 Å². The predicted octanol–water partition coefficient (Wildman–Crippen LogP) is 9.52. The molecule has 0 bridgehead atoms. The zero-order valence-corrected chi connectivity index (χ0v) is 26.6. The first-order chi connectivity index (χ1) is 22.9. The number of aliphatic hydroxyl groups is 1. The van der Waals surface area contributed by atoms with E-state index in [0.29, 0.717) is 54.6 Å². The SMILES string of the molecule is COc1ccc(C(CN(C)Cc2ccc(-c3cc(C(F)(F)F)nn3-c3cc(C(F)(F)F)cc(C(F)(F)F)c3)cc2)C2(O)CCCCC2)cc1. The number of halogens is 9. The Morgan fingerprint density at radius 3 is 1.88 bits per heavy atom. The molecule has 1 unspecified atom stereocenters. The van der Waals surface area contributed by atoms with E-state index < -0.39 is 46.6 Å².